The number of aryl methyl sites for hydroxylation is 2. The monoisotopic (exact) mass is 405 g/mol. The van der Waals surface area contributed by atoms with Gasteiger partial charge in [-0.15, -0.1) is 0 Å². The van der Waals surface area contributed by atoms with Gasteiger partial charge < -0.3 is 9.88 Å². The number of carbonyl (C=O) groups excluding carboxylic acids is 1. The molecular weight excluding hydrogens is 382 g/mol. The Morgan fingerprint density at radius 1 is 0.935 bits per heavy atom. The minimum atomic E-state index is -0.413. The van der Waals surface area contributed by atoms with E-state index in [1.54, 1.807) is 6.08 Å². The van der Waals surface area contributed by atoms with Crippen molar-refractivity contribution in [1.29, 1.82) is 5.26 Å². The first-order chi connectivity index (χ1) is 15.0. The zero-order valence-corrected chi connectivity index (χ0v) is 17.8. The van der Waals surface area contributed by atoms with Gasteiger partial charge in [-0.3, -0.25) is 4.79 Å². The number of fused-ring (bicyclic) bond motifs is 1. The summed E-state index contributed by atoms with van der Waals surface area (Å²) in [5.74, 6) is -0.413. The summed E-state index contributed by atoms with van der Waals surface area (Å²) in [6.45, 7) is 5.98. The molecule has 4 nitrogen and oxygen atoms in total. The van der Waals surface area contributed by atoms with Gasteiger partial charge in [-0.2, -0.15) is 5.26 Å². The van der Waals surface area contributed by atoms with Crippen molar-refractivity contribution in [1.82, 2.24) is 4.57 Å². The second-order valence-corrected chi connectivity index (χ2v) is 7.69. The molecule has 0 bridgehead atoms. The van der Waals surface area contributed by atoms with Crippen molar-refractivity contribution in [2.45, 2.75) is 20.8 Å². The molecule has 0 radical (unpaired) electrons. The Balaban J connectivity index is 1.68. The largest absolute Gasteiger partial charge is 0.321 e. The number of nitrogens with zero attached hydrogens (tertiary/aromatic N) is 2. The molecule has 4 rings (SSSR count). The highest BCUT2D eigenvalue weighted by Gasteiger charge is 2.14. The fourth-order valence-electron chi connectivity index (χ4n) is 3.87. The average molecular weight is 406 g/mol. The van der Waals surface area contributed by atoms with E-state index >= 15 is 0 Å². The van der Waals surface area contributed by atoms with Crippen molar-refractivity contribution < 1.29 is 4.79 Å². The van der Waals surface area contributed by atoms with Crippen LogP contribution in [0.3, 0.4) is 0 Å². The zero-order valence-electron chi connectivity index (χ0n) is 17.8. The molecule has 4 aromatic rings. The zero-order chi connectivity index (χ0) is 22.0. The summed E-state index contributed by atoms with van der Waals surface area (Å²) >= 11 is 0. The molecule has 1 heterocycles. The molecule has 3 aromatic carbocycles. The van der Waals surface area contributed by atoms with Crippen molar-refractivity contribution in [3.63, 3.8) is 0 Å². The number of anilines is 1. The summed E-state index contributed by atoms with van der Waals surface area (Å²) < 4.78 is 2.14. The first-order valence-electron chi connectivity index (χ1n) is 10.1. The Morgan fingerprint density at radius 2 is 1.71 bits per heavy atom. The lowest BCUT2D eigenvalue weighted by Crippen LogP contribution is -2.13. The van der Waals surface area contributed by atoms with Gasteiger partial charge in [0.25, 0.3) is 5.91 Å². The van der Waals surface area contributed by atoms with E-state index in [4.69, 9.17) is 0 Å². The molecule has 31 heavy (non-hydrogen) atoms. The molecule has 1 amide bonds. The molecule has 0 unspecified atom stereocenters. The van der Waals surface area contributed by atoms with Crippen molar-refractivity contribution in [3.8, 4) is 11.8 Å². The minimum Gasteiger partial charge on any atom is -0.321 e. The lowest BCUT2D eigenvalue weighted by molar-refractivity contribution is -0.112. The second-order valence-electron chi connectivity index (χ2n) is 7.69. The van der Waals surface area contributed by atoms with Crippen LogP contribution < -0.4 is 5.32 Å². The summed E-state index contributed by atoms with van der Waals surface area (Å²) in [5.41, 5.74) is 5.70. The molecule has 152 valence electrons. The van der Waals surface area contributed by atoms with Crippen molar-refractivity contribution in [2.75, 3.05) is 5.32 Å². The number of hydrogen-bond acceptors (Lipinski definition) is 2. The number of benzene rings is 3. The standard InChI is InChI=1S/C27H23N3O/c1-18-7-6-10-25(13-18)29-27(31)24(17-28)15-23-14-19(2)30(20(23)3)26-12-11-21-8-4-5-9-22(21)16-26/h4-16H,1-3H3,(H,29,31)/b24-15-. The van der Waals surface area contributed by atoms with Gasteiger partial charge >= 0.3 is 0 Å². The highest BCUT2D eigenvalue weighted by molar-refractivity contribution is 6.09. The lowest BCUT2D eigenvalue weighted by atomic mass is 10.1. The molecule has 1 aromatic heterocycles. The van der Waals surface area contributed by atoms with Crippen LogP contribution >= 0.6 is 0 Å². The van der Waals surface area contributed by atoms with Crippen LogP contribution in [0.25, 0.3) is 22.5 Å². The molecule has 1 N–H and O–H groups in total. The third-order valence-electron chi connectivity index (χ3n) is 5.40. The highest BCUT2D eigenvalue weighted by Crippen LogP contribution is 2.26. The number of aromatic nitrogens is 1. The number of nitrogens with one attached hydrogen (secondary N) is 1. The van der Waals surface area contributed by atoms with Crippen LogP contribution in [0.4, 0.5) is 5.69 Å². The van der Waals surface area contributed by atoms with Crippen molar-refractivity contribution >= 4 is 28.4 Å². The molecule has 0 spiro atoms. The summed E-state index contributed by atoms with van der Waals surface area (Å²) in [6, 6.07) is 26.2. The SMILES string of the molecule is Cc1cccc(NC(=O)/C(C#N)=C\c2cc(C)n(-c3ccc4ccccc4c3)c2C)c1. The maximum atomic E-state index is 12.7. The number of hydrogen-bond donors (Lipinski definition) is 1. The Bertz CT molecular complexity index is 1370. The fourth-order valence-corrected chi connectivity index (χ4v) is 3.87. The molecule has 0 aliphatic heterocycles. The summed E-state index contributed by atoms with van der Waals surface area (Å²) in [4.78, 5) is 12.7. The number of rotatable bonds is 4. The number of carbonyl (C=O) groups is 1. The van der Waals surface area contributed by atoms with E-state index in [2.05, 4.69) is 40.2 Å². The Labute approximate surface area is 182 Å². The fraction of sp³-hybridized carbons (Fsp3) is 0.111. The first-order valence-corrected chi connectivity index (χ1v) is 10.1. The van der Waals surface area contributed by atoms with E-state index in [0.717, 1.165) is 28.2 Å². The average Bonchev–Trinajstić information content (AvgIpc) is 3.04. The van der Waals surface area contributed by atoms with E-state index in [0.29, 0.717) is 5.69 Å². The van der Waals surface area contributed by atoms with Crippen LogP contribution in [0.1, 0.15) is 22.5 Å². The van der Waals surface area contributed by atoms with Gasteiger partial charge in [0.05, 0.1) is 0 Å². The van der Waals surface area contributed by atoms with Crippen LogP contribution in [-0.4, -0.2) is 10.5 Å². The second kappa shape index (κ2) is 8.33. The number of amides is 1. The van der Waals surface area contributed by atoms with Gasteiger partial charge in [-0.05, 0) is 79.1 Å². The first kappa shape index (κ1) is 20.2. The maximum absolute atomic E-state index is 12.7. The summed E-state index contributed by atoms with van der Waals surface area (Å²) in [6.07, 6.45) is 1.66. The van der Waals surface area contributed by atoms with E-state index in [-0.39, 0.29) is 5.57 Å². The van der Waals surface area contributed by atoms with Crippen molar-refractivity contribution in [3.05, 3.63) is 101 Å². The predicted molar refractivity (Wildman–Crippen MR) is 126 cm³/mol. The van der Waals surface area contributed by atoms with Crippen molar-refractivity contribution in [2.24, 2.45) is 0 Å². The Hall–Kier alpha value is -4.10. The number of nitriles is 1. The molecule has 4 heteroatoms. The van der Waals surface area contributed by atoms with E-state index in [9.17, 15) is 10.1 Å². The molecule has 0 fully saturated rings. The summed E-state index contributed by atoms with van der Waals surface area (Å²) in [5, 5.41) is 14.8. The predicted octanol–water partition coefficient (Wildman–Crippen LogP) is 6.10. The molecule has 0 aliphatic carbocycles. The molecular formula is C27H23N3O. The van der Waals surface area contributed by atoms with Gasteiger partial charge in [0.2, 0.25) is 0 Å². The molecule has 0 aliphatic rings. The topological polar surface area (TPSA) is 57.8 Å². The van der Waals surface area contributed by atoms with Gasteiger partial charge in [0.1, 0.15) is 11.6 Å². The lowest BCUT2D eigenvalue weighted by Gasteiger charge is -2.11. The normalized spacial score (nSPS) is 11.4. The summed E-state index contributed by atoms with van der Waals surface area (Å²) in [7, 11) is 0. The Morgan fingerprint density at radius 3 is 2.45 bits per heavy atom. The van der Waals surface area contributed by atoms with Crippen LogP contribution in [0, 0.1) is 32.1 Å². The maximum Gasteiger partial charge on any atom is 0.266 e. The highest BCUT2D eigenvalue weighted by atomic mass is 16.1. The van der Waals surface area contributed by atoms with Crippen LogP contribution in [0.5, 0.6) is 0 Å². The molecule has 0 atom stereocenters. The van der Waals surface area contributed by atoms with E-state index in [1.165, 1.54) is 10.8 Å². The third-order valence-corrected chi connectivity index (χ3v) is 5.40. The van der Waals surface area contributed by atoms with Crippen LogP contribution in [0.2, 0.25) is 0 Å². The molecule has 0 saturated carbocycles. The minimum absolute atomic E-state index is 0.0697. The van der Waals surface area contributed by atoms with Gasteiger partial charge in [0, 0.05) is 22.8 Å². The van der Waals surface area contributed by atoms with E-state index in [1.807, 2.05) is 69.3 Å². The van der Waals surface area contributed by atoms with Gasteiger partial charge in [-0.25, -0.2) is 0 Å². The quantitative estimate of drug-likeness (QED) is 0.329. The Kier molecular flexibility index (Phi) is 5.43. The van der Waals surface area contributed by atoms with Crippen LogP contribution in [0.15, 0.2) is 78.4 Å². The van der Waals surface area contributed by atoms with Crippen LogP contribution in [-0.2, 0) is 4.79 Å². The third kappa shape index (κ3) is 4.12. The van der Waals surface area contributed by atoms with Gasteiger partial charge in [0.15, 0.2) is 0 Å². The van der Waals surface area contributed by atoms with E-state index < -0.39 is 5.91 Å². The smallest absolute Gasteiger partial charge is 0.266 e. The van der Waals surface area contributed by atoms with Gasteiger partial charge in [-0.1, -0.05) is 42.5 Å². The molecule has 0 saturated heterocycles.